The summed E-state index contributed by atoms with van der Waals surface area (Å²) >= 11 is 0. The van der Waals surface area contributed by atoms with Gasteiger partial charge in [0.2, 0.25) is 0 Å². The zero-order valence-electron chi connectivity index (χ0n) is 3.88. The Kier molecular flexibility index (Phi) is 3.35. The zero-order chi connectivity index (χ0) is 4.99. The summed E-state index contributed by atoms with van der Waals surface area (Å²) in [5.74, 6) is 0. The Morgan fingerprint density at radius 3 is 2.17 bits per heavy atom. The van der Waals surface area contributed by atoms with E-state index in [0.717, 1.165) is 0 Å². The van der Waals surface area contributed by atoms with Crippen LogP contribution in [0.15, 0.2) is 0 Å². The van der Waals surface area contributed by atoms with Crippen LogP contribution in [0, 0.1) is 5.00 Å². The van der Waals surface area contributed by atoms with E-state index >= 15 is 0 Å². The number of rotatable bonds is 1. The molecule has 0 fully saturated rings. The van der Waals surface area contributed by atoms with Crippen LogP contribution in [0.4, 0.5) is 0 Å². The summed E-state index contributed by atoms with van der Waals surface area (Å²) in [6.45, 7) is 3.73. The van der Waals surface area contributed by atoms with Gasteiger partial charge in [0.1, 0.15) is 0 Å². The van der Waals surface area contributed by atoms with Gasteiger partial charge in [0.15, 0.2) is 0 Å². The quantitative estimate of drug-likeness (QED) is 0.475. The molecular formula is C3H7NOP. The molecule has 0 aromatic rings. The Morgan fingerprint density at radius 2 is 2.17 bits per heavy atom. The van der Waals surface area contributed by atoms with E-state index in [9.17, 15) is 0 Å². The monoisotopic (exact) mass is 104 g/mol. The summed E-state index contributed by atoms with van der Waals surface area (Å²) in [7, 11) is 0.0239. The van der Waals surface area contributed by atoms with E-state index in [1.54, 1.807) is 0 Å². The van der Waals surface area contributed by atoms with Crippen LogP contribution in [0.3, 0.4) is 0 Å². The summed E-state index contributed by atoms with van der Waals surface area (Å²) in [6, 6.07) is 0. The third-order valence-corrected chi connectivity index (χ3v) is 0.774. The van der Waals surface area contributed by atoms with Crippen LogP contribution >= 0.6 is 8.44 Å². The fourth-order valence-electron chi connectivity index (χ4n) is 0.0943. The summed E-state index contributed by atoms with van der Waals surface area (Å²) in [4.78, 5) is 0. The van der Waals surface area contributed by atoms with Crippen LogP contribution in [-0.4, -0.2) is 6.10 Å². The first-order chi connectivity index (χ1) is 2.77. The van der Waals surface area contributed by atoms with E-state index in [0.29, 0.717) is 0 Å². The molecule has 1 radical (unpaired) electrons. The molecule has 35 valence electrons. The summed E-state index contributed by atoms with van der Waals surface area (Å²) in [6.07, 6.45) is 0.136. The third kappa shape index (κ3) is 4.10. The van der Waals surface area contributed by atoms with Gasteiger partial charge in [-0.15, -0.1) is 0 Å². The minimum absolute atomic E-state index is 0.0239. The van der Waals surface area contributed by atoms with Gasteiger partial charge in [-0.25, -0.2) is 0 Å². The summed E-state index contributed by atoms with van der Waals surface area (Å²) < 4.78 is 4.57. The van der Waals surface area contributed by atoms with Crippen LogP contribution in [0.1, 0.15) is 13.8 Å². The fourth-order valence-corrected chi connectivity index (χ4v) is 0.283. The Balaban J connectivity index is 2.88. The van der Waals surface area contributed by atoms with Gasteiger partial charge in [-0.05, 0) is 0 Å². The molecule has 0 aliphatic carbocycles. The molecule has 6 heavy (non-hydrogen) atoms. The molecule has 0 aliphatic heterocycles. The van der Waals surface area contributed by atoms with Gasteiger partial charge in [0.25, 0.3) is 0 Å². The van der Waals surface area contributed by atoms with Crippen molar-refractivity contribution in [2.75, 3.05) is 0 Å². The van der Waals surface area contributed by atoms with Gasteiger partial charge in [-0.1, -0.05) is 0 Å². The van der Waals surface area contributed by atoms with Crippen molar-refractivity contribution in [3.05, 3.63) is 0 Å². The van der Waals surface area contributed by atoms with Gasteiger partial charge < -0.3 is 0 Å². The summed E-state index contributed by atoms with van der Waals surface area (Å²) in [5, 5.41) is 7.99. The molecule has 0 aromatic carbocycles. The predicted octanol–water partition coefficient (Wildman–Crippen LogP) is 1.75. The normalized spacial score (nSPS) is 9.00. The van der Waals surface area contributed by atoms with Gasteiger partial charge in [-0.2, -0.15) is 0 Å². The summed E-state index contributed by atoms with van der Waals surface area (Å²) in [5.41, 5.74) is 0. The third-order valence-electron chi connectivity index (χ3n) is 0.258. The van der Waals surface area contributed by atoms with Crippen LogP contribution < -0.4 is 0 Å². The van der Waals surface area contributed by atoms with E-state index in [-0.39, 0.29) is 14.5 Å². The van der Waals surface area contributed by atoms with Gasteiger partial charge in [-0.3, -0.25) is 0 Å². The molecule has 0 aromatic heterocycles. The molecule has 0 saturated heterocycles. The first-order valence-electron chi connectivity index (χ1n) is 1.77. The van der Waals surface area contributed by atoms with E-state index in [2.05, 4.69) is 4.52 Å². The maximum absolute atomic E-state index is 7.99. The topological polar surface area (TPSA) is 33.0 Å². The molecule has 0 spiro atoms. The van der Waals surface area contributed by atoms with Crippen LogP contribution in [0.5, 0.6) is 0 Å². The molecule has 0 saturated carbocycles. The number of hydrogen-bond acceptors (Lipinski definition) is 2. The van der Waals surface area contributed by atoms with Crippen LogP contribution in [0.2, 0.25) is 0 Å². The molecule has 0 atom stereocenters. The first-order valence-corrected chi connectivity index (χ1v) is 2.54. The van der Waals surface area contributed by atoms with E-state index < -0.39 is 0 Å². The average molecular weight is 104 g/mol. The van der Waals surface area contributed by atoms with Crippen molar-refractivity contribution in [2.24, 2.45) is 0 Å². The average Bonchev–Trinajstić information content (AvgIpc) is 1.35. The van der Waals surface area contributed by atoms with Crippen molar-refractivity contribution < 1.29 is 4.52 Å². The molecule has 0 bridgehead atoms. The second kappa shape index (κ2) is 3.30. The van der Waals surface area contributed by atoms with Crippen molar-refractivity contribution in [3.8, 4) is 0 Å². The van der Waals surface area contributed by atoms with Gasteiger partial charge in [0, 0.05) is 0 Å². The van der Waals surface area contributed by atoms with Crippen molar-refractivity contribution in [1.29, 1.82) is 5.00 Å². The van der Waals surface area contributed by atoms with E-state index in [1.165, 1.54) is 0 Å². The molecule has 0 aliphatic rings. The molecule has 3 heteroatoms. The molecule has 0 amide bonds. The fraction of sp³-hybridized carbons (Fsp3) is 1.00. The van der Waals surface area contributed by atoms with Crippen molar-refractivity contribution >= 4 is 8.44 Å². The molecule has 0 heterocycles. The molecule has 2 nitrogen and oxygen atoms in total. The van der Waals surface area contributed by atoms with Gasteiger partial charge in [0.05, 0.1) is 0 Å². The molecule has 0 unspecified atom stereocenters. The maximum atomic E-state index is 7.99. The first kappa shape index (κ1) is 6.10. The van der Waals surface area contributed by atoms with E-state index in [4.69, 9.17) is 5.00 Å². The van der Waals surface area contributed by atoms with Crippen LogP contribution in [-0.2, 0) is 4.52 Å². The standard InChI is InChI=1S/C3H7NOP/c1-3(2)5-6-4/h3H,1-2H3. The predicted molar refractivity (Wildman–Crippen MR) is 24.9 cm³/mol. The number of nitrogens with zero attached hydrogens (tertiary/aromatic N) is 1. The SMILES string of the molecule is CC(C)O[P]#N. The Morgan fingerprint density at radius 1 is 1.67 bits per heavy atom. The second-order valence-electron chi connectivity index (χ2n) is 1.24. The minimum atomic E-state index is 0.0239. The number of hydrogen-bond donors (Lipinski definition) is 0. The Labute approximate surface area is 39.0 Å². The van der Waals surface area contributed by atoms with Crippen molar-refractivity contribution in [3.63, 3.8) is 0 Å². The zero-order valence-corrected chi connectivity index (χ0v) is 4.77. The van der Waals surface area contributed by atoms with Crippen molar-refractivity contribution in [2.45, 2.75) is 20.0 Å². The molecule has 0 rings (SSSR count). The Hall–Kier alpha value is 0.100. The van der Waals surface area contributed by atoms with E-state index in [1.807, 2.05) is 13.8 Å². The second-order valence-corrected chi connectivity index (χ2v) is 1.61. The molecule has 0 N–H and O–H groups in total. The Bertz CT molecular complexity index is 65.7. The molecular weight excluding hydrogens is 97.0 g/mol. The van der Waals surface area contributed by atoms with Crippen LogP contribution in [0.25, 0.3) is 0 Å². The van der Waals surface area contributed by atoms with Gasteiger partial charge >= 0.3 is 37.9 Å². The van der Waals surface area contributed by atoms with Crippen molar-refractivity contribution in [1.82, 2.24) is 0 Å².